The zero-order valence-corrected chi connectivity index (χ0v) is 16.2. The van der Waals surface area contributed by atoms with Crippen LogP contribution in [0.5, 0.6) is 0 Å². The molecule has 2 aromatic carbocycles. The van der Waals surface area contributed by atoms with E-state index >= 15 is 0 Å². The fraction of sp³-hybridized carbons (Fsp3) is 0.182. The first-order valence-corrected chi connectivity index (χ1v) is 9.63. The van der Waals surface area contributed by atoms with E-state index < -0.39 is 17.5 Å². The molecule has 0 saturated carbocycles. The van der Waals surface area contributed by atoms with Crippen molar-refractivity contribution in [3.05, 3.63) is 82.8 Å². The van der Waals surface area contributed by atoms with Crippen molar-refractivity contribution in [2.75, 3.05) is 11.4 Å². The largest absolute Gasteiger partial charge is 0.361 e. The molecular formula is C22H15F3N6. The molecule has 1 aliphatic rings. The van der Waals surface area contributed by atoms with Crippen LogP contribution in [0, 0.1) is 28.8 Å². The van der Waals surface area contributed by atoms with Crippen molar-refractivity contribution in [3.63, 3.8) is 0 Å². The Morgan fingerprint density at radius 1 is 1.03 bits per heavy atom. The average Bonchev–Trinajstić information content (AvgIpc) is 3.19. The number of rotatable bonds is 3. The number of benzene rings is 2. The van der Waals surface area contributed by atoms with Gasteiger partial charge in [-0.25, -0.2) is 13.2 Å². The second-order valence-corrected chi connectivity index (χ2v) is 7.28. The molecule has 6 nitrogen and oxygen atoms in total. The lowest BCUT2D eigenvalue weighted by Crippen LogP contribution is -2.35. The first-order valence-electron chi connectivity index (χ1n) is 9.63. The second-order valence-electron chi connectivity index (χ2n) is 7.28. The molecule has 0 amide bonds. The lowest BCUT2D eigenvalue weighted by atomic mass is 10.1. The minimum atomic E-state index is -1.58. The minimum absolute atomic E-state index is 0.0490. The Morgan fingerprint density at radius 3 is 2.61 bits per heavy atom. The smallest absolute Gasteiger partial charge is 0.196 e. The predicted octanol–water partition coefficient (Wildman–Crippen LogP) is 3.73. The van der Waals surface area contributed by atoms with E-state index in [9.17, 15) is 18.4 Å². The van der Waals surface area contributed by atoms with Crippen molar-refractivity contribution in [2.45, 2.75) is 19.5 Å². The summed E-state index contributed by atoms with van der Waals surface area (Å²) in [6, 6.07) is 12.8. The highest BCUT2D eigenvalue weighted by Gasteiger charge is 2.27. The van der Waals surface area contributed by atoms with Gasteiger partial charge in [0.1, 0.15) is 17.4 Å². The molecule has 0 spiro atoms. The Balaban J connectivity index is 1.54. The third-order valence-electron chi connectivity index (χ3n) is 5.44. The van der Waals surface area contributed by atoms with Crippen molar-refractivity contribution in [1.82, 2.24) is 19.7 Å². The summed E-state index contributed by atoms with van der Waals surface area (Å²) in [6.07, 6.45) is 1.81. The average molecular weight is 420 g/mol. The number of hydrogen-bond donors (Lipinski definition) is 0. The van der Waals surface area contributed by atoms with Gasteiger partial charge in [0.25, 0.3) is 0 Å². The van der Waals surface area contributed by atoms with Gasteiger partial charge >= 0.3 is 0 Å². The molecule has 0 saturated heterocycles. The van der Waals surface area contributed by atoms with Gasteiger partial charge in [0.15, 0.2) is 23.3 Å². The molecule has 0 aliphatic carbocycles. The third kappa shape index (κ3) is 3.17. The SMILES string of the molecule is N#Cc1cnc2c(F)c(F)c(F)cc2c1N1CCn2c(Cc3ccccc3)nnc2C1. The highest BCUT2D eigenvalue weighted by molar-refractivity contribution is 5.95. The molecule has 0 fully saturated rings. The van der Waals surface area contributed by atoms with Gasteiger partial charge in [-0.05, 0) is 11.6 Å². The monoisotopic (exact) mass is 420 g/mol. The molecule has 0 atom stereocenters. The van der Waals surface area contributed by atoms with Crippen LogP contribution in [-0.2, 0) is 19.5 Å². The van der Waals surface area contributed by atoms with Gasteiger partial charge in [0, 0.05) is 31.1 Å². The van der Waals surface area contributed by atoms with Crippen LogP contribution >= 0.6 is 0 Å². The summed E-state index contributed by atoms with van der Waals surface area (Å²) in [5.74, 6) is -2.78. The lowest BCUT2D eigenvalue weighted by Gasteiger charge is -2.31. The topological polar surface area (TPSA) is 70.6 Å². The zero-order chi connectivity index (χ0) is 21.5. The Bertz CT molecular complexity index is 1340. The number of aromatic nitrogens is 4. The van der Waals surface area contributed by atoms with E-state index in [4.69, 9.17) is 0 Å². The van der Waals surface area contributed by atoms with E-state index in [1.54, 1.807) is 4.90 Å². The lowest BCUT2D eigenvalue weighted by molar-refractivity contribution is 0.452. The number of nitrogens with zero attached hydrogens (tertiary/aromatic N) is 6. The Hall–Kier alpha value is -3.93. The van der Waals surface area contributed by atoms with E-state index in [1.165, 1.54) is 6.20 Å². The Kier molecular flexibility index (Phi) is 4.55. The summed E-state index contributed by atoms with van der Waals surface area (Å²) in [7, 11) is 0. The normalized spacial score (nSPS) is 13.3. The molecule has 0 radical (unpaired) electrons. The molecule has 5 rings (SSSR count). The molecular weight excluding hydrogens is 405 g/mol. The van der Waals surface area contributed by atoms with Gasteiger partial charge < -0.3 is 9.47 Å². The Labute approximate surface area is 175 Å². The quantitative estimate of drug-likeness (QED) is 0.473. The van der Waals surface area contributed by atoms with E-state index in [0.717, 1.165) is 17.5 Å². The summed E-state index contributed by atoms with van der Waals surface area (Å²) in [6.45, 7) is 1.28. The Morgan fingerprint density at radius 2 is 1.84 bits per heavy atom. The maximum atomic E-state index is 14.3. The number of hydrogen-bond acceptors (Lipinski definition) is 5. The van der Waals surface area contributed by atoms with Gasteiger partial charge in [-0.1, -0.05) is 30.3 Å². The number of nitriles is 1. The van der Waals surface area contributed by atoms with Crippen molar-refractivity contribution < 1.29 is 13.2 Å². The van der Waals surface area contributed by atoms with Gasteiger partial charge in [0.2, 0.25) is 0 Å². The maximum Gasteiger partial charge on any atom is 0.196 e. The van der Waals surface area contributed by atoms with Gasteiger partial charge in [0.05, 0.1) is 17.8 Å². The molecule has 154 valence electrons. The van der Waals surface area contributed by atoms with Crippen molar-refractivity contribution in [3.8, 4) is 6.07 Å². The van der Waals surface area contributed by atoms with Crippen LogP contribution in [0.15, 0.2) is 42.6 Å². The van der Waals surface area contributed by atoms with Crippen LogP contribution in [0.3, 0.4) is 0 Å². The summed E-state index contributed by atoms with van der Waals surface area (Å²) in [5.41, 5.74) is 1.25. The molecule has 2 aromatic heterocycles. The standard InChI is InChI=1S/C22H15F3N6/c23-16-9-15-21(20(25)19(16)24)27-11-14(10-26)22(15)30-6-7-31-17(28-29-18(31)12-30)8-13-4-2-1-3-5-13/h1-5,9,11H,6-8,12H2. The predicted molar refractivity (Wildman–Crippen MR) is 107 cm³/mol. The van der Waals surface area contributed by atoms with Crippen LogP contribution in [0.1, 0.15) is 22.8 Å². The molecule has 1 aliphatic heterocycles. The van der Waals surface area contributed by atoms with Crippen LogP contribution in [0.25, 0.3) is 10.9 Å². The number of anilines is 1. The molecule has 9 heteroatoms. The fourth-order valence-corrected chi connectivity index (χ4v) is 3.97. The van der Waals surface area contributed by atoms with Gasteiger partial charge in [-0.2, -0.15) is 5.26 Å². The van der Waals surface area contributed by atoms with Crippen LogP contribution in [-0.4, -0.2) is 26.3 Å². The molecule has 4 aromatic rings. The van der Waals surface area contributed by atoms with Crippen LogP contribution < -0.4 is 4.90 Å². The number of pyridine rings is 1. The highest BCUT2D eigenvalue weighted by atomic mass is 19.2. The maximum absolute atomic E-state index is 14.3. The summed E-state index contributed by atoms with van der Waals surface area (Å²) in [5, 5.41) is 18.2. The number of fused-ring (bicyclic) bond motifs is 2. The molecule has 0 unspecified atom stereocenters. The van der Waals surface area contributed by atoms with Gasteiger partial charge in [-0.15, -0.1) is 10.2 Å². The van der Waals surface area contributed by atoms with E-state index in [2.05, 4.69) is 15.2 Å². The van der Waals surface area contributed by atoms with Crippen LogP contribution in [0.4, 0.5) is 18.9 Å². The molecule has 3 heterocycles. The van der Waals surface area contributed by atoms with Crippen LogP contribution in [0.2, 0.25) is 0 Å². The molecule has 31 heavy (non-hydrogen) atoms. The van der Waals surface area contributed by atoms with E-state index in [0.29, 0.717) is 31.0 Å². The third-order valence-corrected chi connectivity index (χ3v) is 5.44. The minimum Gasteiger partial charge on any atom is -0.361 e. The summed E-state index contributed by atoms with van der Waals surface area (Å²) >= 11 is 0. The van der Waals surface area contributed by atoms with Gasteiger partial charge in [-0.3, -0.25) is 4.98 Å². The van der Waals surface area contributed by atoms with Crippen molar-refractivity contribution >= 4 is 16.6 Å². The highest BCUT2D eigenvalue weighted by Crippen LogP contribution is 2.34. The molecule has 0 N–H and O–H groups in total. The van der Waals surface area contributed by atoms with Crippen molar-refractivity contribution in [2.24, 2.45) is 0 Å². The first-order chi connectivity index (χ1) is 15.1. The van der Waals surface area contributed by atoms with E-state index in [-0.39, 0.29) is 23.0 Å². The number of halogens is 3. The van der Waals surface area contributed by atoms with Crippen molar-refractivity contribution in [1.29, 1.82) is 5.26 Å². The first kappa shape index (κ1) is 19.1. The fourth-order valence-electron chi connectivity index (χ4n) is 3.97. The zero-order valence-electron chi connectivity index (χ0n) is 16.2. The molecule has 0 bridgehead atoms. The summed E-state index contributed by atoms with van der Waals surface area (Å²) < 4.78 is 44.0. The van der Waals surface area contributed by atoms with E-state index in [1.807, 2.05) is 41.0 Å². The summed E-state index contributed by atoms with van der Waals surface area (Å²) in [4.78, 5) is 5.64. The second kappa shape index (κ2) is 7.40.